The molecule has 3 rings (SSSR count). The van der Waals surface area contributed by atoms with Crippen LogP contribution in [0.25, 0.3) is 11.3 Å². The van der Waals surface area contributed by atoms with Gasteiger partial charge in [0.1, 0.15) is 22.8 Å². The molecular formula is C16H17FN2O3. The summed E-state index contributed by atoms with van der Waals surface area (Å²) < 4.78 is 23.6. The third-order valence-electron chi connectivity index (χ3n) is 3.72. The summed E-state index contributed by atoms with van der Waals surface area (Å²) in [5, 5.41) is 6.78. The van der Waals surface area contributed by atoms with E-state index in [0.717, 1.165) is 19.4 Å². The normalized spacial score (nSPS) is 17.6. The number of aryl methyl sites for hydroxylation is 1. The maximum atomic E-state index is 13.0. The van der Waals surface area contributed by atoms with Crippen LogP contribution in [0.15, 0.2) is 28.8 Å². The molecule has 1 aromatic carbocycles. The Bertz CT molecular complexity index is 661. The Hall–Kier alpha value is -2.21. The van der Waals surface area contributed by atoms with Crippen molar-refractivity contribution in [2.75, 3.05) is 13.2 Å². The van der Waals surface area contributed by atoms with Gasteiger partial charge >= 0.3 is 0 Å². The predicted octanol–water partition coefficient (Wildman–Crippen LogP) is 2.70. The third-order valence-corrected chi connectivity index (χ3v) is 3.72. The molecule has 0 unspecified atom stereocenters. The molecule has 0 saturated carbocycles. The van der Waals surface area contributed by atoms with Gasteiger partial charge in [0.15, 0.2) is 0 Å². The van der Waals surface area contributed by atoms with E-state index in [1.807, 2.05) is 0 Å². The number of carbonyl (C=O) groups is 1. The highest BCUT2D eigenvalue weighted by atomic mass is 19.1. The monoisotopic (exact) mass is 304 g/mol. The molecule has 0 bridgehead atoms. The second-order valence-corrected chi connectivity index (χ2v) is 5.31. The highest BCUT2D eigenvalue weighted by molar-refractivity contribution is 6.00. The Morgan fingerprint density at radius 2 is 2.18 bits per heavy atom. The second-order valence-electron chi connectivity index (χ2n) is 5.31. The molecule has 2 heterocycles. The number of ether oxygens (including phenoxy) is 1. The van der Waals surface area contributed by atoms with Crippen LogP contribution in [0.2, 0.25) is 0 Å². The molecule has 1 saturated heterocycles. The minimum absolute atomic E-state index is 0.0680. The van der Waals surface area contributed by atoms with Crippen LogP contribution in [0.3, 0.4) is 0 Å². The minimum atomic E-state index is -0.339. The second kappa shape index (κ2) is 6.27. The van der Waals surface area contributed by atoms with E-state index < -0.39 is 0 Å². The summed E-state index contributed by atoms with van der Waals surface area (Å²) in [7, 11) is 0. The number of hydrogen-bond donors (Lipinski definition) is 1. The number of nitrogens with one attached hydrogen (secondary N) is 1. The number of halogens is 1. The smallest absolute Gasteiger partial charge is 0.257 e. The van der Waals surface area contributed by atoms with Crippen LogP contribution in [0.5, 0.6) is 0 Å². The maximum Gasteiger partial charge on any atom is 0.257 e. The van der Waals surface area contributed by atoms with Crippen molar-refractivity contribution in [1.82, 2.24) is 10.5 Å². The van der Waals surface area contributed by atoms with Gasteiger partial charge in [-0.05, 0) is 44.0 Å². The topological polar surface area (TPSA) is 64.4 Å². The fourth-order valence-electron chi connectivity index (χ4n) is 2.54. The fraction of sp³-hybridized carbons (Fsp3) is 0.375. The van der Waals surface area contributed by atoms with Crippen LogP contribution in [-0.4, -0.2) is 30.3 Å². The molecule has 5 nitrogen and oxygen atoms in total. The summed E-state index contributed by atoms with van der Waals surface area (Å²) in [6, 6.07) is 5.80. The molecule has 6 heteroatoms. The van der Waals surface area contributed by atoms with Gasteiger partial charge in [0.05, 0.1) is 6.10 Å². The van der Waals surface area contributed by atoms with Crippen LogP contribution < -0.4 is 5.32 Å². The van der Waals surface area contributed by atoms with Crippen LogP contribution in [0.4, 0.5) is 4.39 Å². The van der Waals surface area contributed by atoms with Gasteiger partial charge in [0.2, 0.25) is 0 Å². The Morgan fingerprint density at radius 1 is 1.41 bits per heavy atom. The van der Waals surface area contributed by atoms with Gasteiger partial charge in [-0.3, -0.25) is 4.79 Å². The molecule has 2 aromatic rings. The number of hydrogen-bond acceptors (Lipinski definition) is 4. The van der Waals surface area contributed by atoms with Crippen molar-refractivity contribution in [2.24, 2.45) is 0 Å². The first-order valence-electron chi connectivity index (χ1n) is 7.27. The average Bonchev–Trinajstić information content (AvgIpc) is 3.15. The summed E-state index contributed by atoms with van der Waals surface area (Å²) in [6.07, 6.45) is 2.04. The van der Waals surface area contributed by atoms with Crippen LogP contribution in [-0.2, 0) is 4.74 Å². The van der Waals surface area contributed by atoms with E-state index >= 15 is 0 Å². The standard InChI is InChI=1S/C16H17FN2O3/c1-10-14(16(20)18-9-13-3-2-8-21-13)15(19-22-10)11-4-6-12(17)7-5-11/h4-7,13H,2-3,8-9H2,1H3,(H,18,20)/t13-/m1/s1. The van der Waals surface area contributed by atoms with Crippen molar-refractivity contribution < 1.29 is 18.4 Å². The number of amides is 1. The van der Waals surface area contributed by atoms with Crippen LogP contribution in [0, 0.1) is 12.7 Å². The Balaban J connectivity index is 1.79. The summed E-state index contributed by atoms with van der Waals surface area (Å²) in [5.74, 6) is -0.161. The SMILES string of the molecule is Cc1onc(-c2ccc(F)cc2)c1C(=O)NC[C@H]1CCCO1. The quantitative estimate of drug-likeness (QED) is 0.943. The lowest BCUT2D eigenvalue weighted by atomic mass is 10.1. The highest BCUT2D eigenvalue weighted by Gasteiger charge is 2.23. The predicted molar refractivity (Wildman–Crippen MR) is 77.9 cm³/mol. The first-order valence-corrected chi connectivity index (χ1v) is 7.27. The van der Waals surface area contributed by atoms with Crippen molar-refractivity contribution in [3.05, 3.63) is 41.4 Å². The summed E-state index contributed by atoms with van der Waals surface area (Å²) >= 11 is 0. The van der Waals surface area contributed by atoms with Crippen molar-refractivity contribution in [1.29, 1.82) is 0 Å². The summed E-state index contributed by atoms with van der Waals surface area (Å²) in [6.45, 7) is 2.89. The van der Waals surface area contributed by atoms with Crippen molar-refractivity contribution in [3.63, 3.8) is 0 Å². The molecule has 1 atom stereocenters. The van der Waals surface area contributed by atoms with Gasteiger partial charge in [-0.1, -0.05) is 5.16 Å². The van der Waals surface area contributed by atoms with E-state index in [0.29, 0.717) is 29.1 Å². The molecular weight excluding hydrogens is 287 g/mol. The lowest BCUT2D eigenvalue weighted by Gasteiger charge is -2.10. The number of rotatable bonds is 4. The molecule has 116 valence electrons. The third kappa shape index (κ3) is 3.01. The Kier molecular flexibility index (Phi) is 4.20. The highest BCUT2D eigenvalue weighted by Crippen LogP contribution is 2.25. The molecule has 0 aliphatic carbocycles. The first-order chi connectivity index (χ1) is 10.6. The number of benzene rings is 1. The fourth-order valence-corrected chi connectivity index (χ4v) is 2.54. The van der Waals surface area contributed by atoms with Crippen molar-refractivity contribution >= 4 is 5.91 Å². The lowest BCUT2D eigenvalue weighted by Crippen LogP contribution is -2.32. The number of aromatic nitrogens is 1. The van der Waals surface area contributed by atoms with Gasteiger partial charge in [-0.2, -0.15) is 0 Å². The molecule has 0 spiro atoms. The molecule has 1 N–H and O–H groups in total. The molecule has 0 radical (unpaired) electrons. The largest absolute Gasteiger partial charge is 0.376 e. The lowest BCUT2D eigenvalue weighted by molar-refractivity contribution is 0.0857. The molecule has 1 fully saturated rings. The minimum Gasteiger partial charge on any atom is -0.376 e. The summed E-state index contributed by atoms with van der Waals surface area (Å²) in [5.41, 5.74) is 1.44. The van der Waals surface area contributed by atoms with Gasteiger partial charge in [0, 0.05) is 18.7 Å². The average molecular weight is 304 g/mol. The van der Waals surface area contributed by atoms with Crippen molar-refractivity contribution in [3.8, 4) is 11.3 Å². The molecule has 1 aliphatic rings. The number of nitrogens with zero attached hydrogens (tertiary/aromatic N) is 1. The van der Waals surface area contributed by atoms with Gasteiger partial charge in [0.25, 0.3) is 5.91 Å². The number of carbonyl (C=O) groups excluding carboxylic acids is 1. The zero-order chi connectivity index (χ0) is 15.5. The van der Waals surface area contributed by atoms with Crippen molar-refractivity contribution in [2.45, 2.75) is 25.9 Å². The first kappa shape index (κ1) is 14.7. The van der Waals surface area contributed by atoms with E-state index in [2.05, 4.69) is 10.5 Å². The Morgan fingerprint density at radius 3 is 2.86 bits per heavy atom. The molecule has 1 amide bonds. The van der Waals surface area contributed by atoms with Crippen LogP contribution >= 0.6 is 0 Å². The molecule has 22 heavy (non-hydrogen) atoms. The van der Waals surface area contributed by atoms with E-state index in [1.165, 1.54) is 12.1 Å². The molecule has 1 aromatic heterocycles. The maximum absolute atomic E-state index is 13.0. The van der Waals surface area contributed by atoms with E-state index in [1.54, 1.807) is 19.1 Å². The van der Waals surface area contributed by atoms with Gasteiger partial charge in [-0.25, -0.2) is 4.39 Å². The summed E-state index contributed by atoms with van der Waals surface area (Å²) in [4.78, 5) is 12.4. The Labute approximate surface area is 127 Å². The molecule has 1 aliphatic heterocycles. The van der Waals surface area contributed by atoms with E-state index in [4.69, 9.17) is 9.26 Å². The zero-order valence-electron chi connectivity index (χ0n) is 12.3. The van der Waals surface area contributed by atoms with Crippen LogP contribution in [0.1, 0.15) is 29.0 Å². The van der Waals surface area contributed by atoms with Gasteiger partial charge in [-0.15, -0.1) is 0 Å². The van der Waals surface area contributed by atoms with E-state index in [9.17, 15) is 9.18 Å². The van der Waals surface area contributed by atoms with E-state index in [-0.39, 0.29) is 17.8 Å². The van der Waals surface area contributed by atoms with Gasteiger partial charge < -0.3 is 14.6 Å². The zero-order valence-corrected chi connectivity index (χ0v) is 12.3.